The summed E-state index contributed by atoms with van der Waals surface area (Å²) in [6.45, 7) is 10.4. The molecule has 0 radical (unpaired) electrons. The predicted octanol–water partition coefficient (Wildman–Crippen LogP) is 4.55. The van der Waals surface area contributed by atoms with Crippen LogP contribution in [0.4, 0.5) is 0 Å². The van der Waals surface area contributed by atoms with Gasteiger partial charge in [0.15, 0.2) is 0 Å². The van der Waals surface area contributed by atoms with Crippen molar-refractivity contribution in [3.8, 4) is 0 Å². The van der Waals surface area contributed by atoms with Crippen molar-refractivity contribution in [2.24, 2.45) is 0 Å². The third kappa shape index (κ3) is 2.74. The molecule has 1 aliphatic heterocycles. The highest BCUT2D eigenvalue weighted by atomic mass is 79.9. The first-order valence-electron chi connectivity index (χ1n) is 6.01. The Kier molecular flexibility index (Phi) is 3.80. The lowest BCUT2D eigenvalue weighted by molar-refractivity contribution is 0.00578. The minimum absolute atomic E-state index is 0.268. The standard InChI is InChI=1S/C13H18BBrO2S/c1-9(10-6-7-11(15)18-10)8-14-16-12(2,3)13(4,5)17-14/h6-8H,1-5H3/b9-8-. The summed E-state index contributed by atoms with van der Waals surface area (Å²) in [5.74, 6) is 2.05. The number of thiophene rings is 1. The lowest BCUT2D eigenvalue weighted by Crippen LogP contribution is -2.41. The van der Waals surface area contributed by atoms with E-state index in [2.05, 4.69) is 68.7 Å². The monoisotopic (exact) mass is 328 g/mol. The number of hydrogen-bond donors (Lipinski definition) is 0. The molecule has 0 atom stereocenters. The normalized spacial score (nSPS) is 22.6. The second kappa shape index (κ2) is 4.78. The van der Waals surface area contributed by atoms with E-state index in [-0.39, 0.29) is 18.3 Å². The van der Waals surface area contributed by atoms with Crippen LogP contribution in [0.3, 0.4) is 0 Å². The summed E-state index contributed by atoms with van der Waals surface area (Å²) in [6.07, 6.45) is 0. The van der Waals surface area contributed by atoms with Gasteiger partial charge in [-0.1, -0.05) is 0 Å². The predicted molar refractivity (Wildman–Crippen MR) is 81.8 cm³/mol. The number of allylic oxidation sites excluding steroid dienone is 1. The van der Waals surface area contributed by atoms with Gasteiger partial charge in [-0.3, -0.25) is 0 Å². The van der Waals surface area contributed by atoms with Crippen LogP contribution in [0.1, 0.15) is 39.5 Å². The van der Waals surface area contributed by atoms with Crippen LogP contribution in [0.25, 0.3) is 5.57 Å². The van der Waals surface area contributed by atoms with Crippen LogP contribution in [-0.4, -0.2) is 18.3 Å². The van der Waals surface area contributed by atoms with Crippen molar-refractivity contribution in [3.05, 3.63) is 26.8 Å². The maximum absolute atomic E-state index is 5.96. The van der Waals surface area contributed by atoms with E-state index in [1.807, 2.05) is 0 Å². The molecule has 2 rings (SSSR count). The van der Waals surface area contributed by atoms with Crippen LogP contribution in [0.15, 0.2) is 21.9 Å². The third-order valence-electron chi connectivity index (χ3n) is 3.62. The summed E-state index contributed by atoms with van der Waals surface area (Å²) in [5, 5.41) is 0. The Bertz CT molecular complexity index is 463. The Morgan fingerprint density at radius 3 is 2.22 bits per heavy atom. The molecule has 0 bridgehead atoms. The quantitative estimate of drug-likeness (QED) is 0.742. The zero-order valence-corrected chi connectivity index (χ0v) is 13.8. The zero-order valence-electron chi connectivity index (χ0n) is 11.4. The second-order valence-electron chi connectivity index (χ2n) is 5.58. The Balaban J connectivity index is 2.16. The molecule has 2 heterocycles. The molecule has 2 nitrogen and oxygen atoms in total. The molecular formula is C13H18BBrO2S. The van der Waals surface area contributed by atoms with Crippen LogP contribution in [0.5, 0.6) is 0 Å². The average Bonchev–Trinajstić information content (AvgIpc) is 2.69. The molecule has 0 unspecified atom stereocenters. The first-order valence-corrected chi connectivity index (χ1v) is 7.62. The van der Waals surface area contributed by atoms with Gasteiger partial charge in [-0.05, 0) is 74.2 Å². The Morgan fingerprint density at radius 2 is 1.78 bits per heavy atom. The van der Waals surface area contributed by atoms with Gasteiger partial charge in [0.25, 0.3) is 0 Å². The fourth-order valence-electron chi connectivity index (χ4n) is 1.77. The molecule has 0 N–H and O–H groups in total. The van der Waals surface area contributed by atoms with Crippen molar-refractivity contribution in [2.45, 2.75) is 45.8 Å². The fourth-order valence-corrected chi connectivity index (χ4v) is 3.14. The van der Waals surface area contributed by atoms with Gasteiger partial charge in [-0.2, -0.15) is 0 Å². The van der Waals surface area contributed by atoms with E-state index in [0.29, 0.717) is 0 Å². The van der Waals surface area contributed by atoms with Crippen molar-refractivity contribution in [2.75, 3.05) is 0 Å². The Labute approximate surface area is 122 Å². The Hall–Kier alpha value is -0.0951. The molecule has 0 spiro atoms. The average molecular weight is 329 g/mol. The Morgan fingerprint density at radius 1 is 1.22 bits per heavy atom. The van der Waals surface area contributed by atoms with Crippen molar-refractivity contribution >= 4 is 40.0 Å². The highest BCUT2D eigenvalue weighted by Gasteiger charge is 2.50. The van der Waals surface area contributed by atoms with Gasteiger partial charge in [-0.25, -0.2) is 0 Å². The number of rotatable bonds is 2. The molecule has 1 saturated heterocycles. The lowest BCUT2D eigenvalue weighted by Gasteiger charge is -2.32. The molecule has 0 saturated carbocycles. The molecule has 18 heavy (non-hydrogen) atoms. The number of halogens is 1. The SMILES string of the molecule is C/C(=C/B1OC(C)(C)C(C)(C)O1)c1ccc(Br)s1. The first-order chi connectivity index (χ1) is 8.21. The maximum Gasteiger partial charge on any atom is 0.487 e. The largest absolute Gasteiger partial charge is 0.487 e. The van der Waals surface area contributed by atoms with Gasteiger partial charge in [0, 0.05) is 4.88 Å². The first kappa shape index (κ1) is 14.3. The van der Waals surface area contributed by atoms with Gasteiger partial charge in [0.2, 0.25) is 0 Å². The van der Waals surface area contributed by atoms with Crippen molar-refractivity contribution in [3.63, 3.8) is 0 Å². The highest BCUT2D eigenvalue weighted by molar-refractivity contribution is 9.11. The van der Waals surface area contributed by atoms with Gasteiger partial charge in [-0.15, -0.1) is 11.3 Å². The van der Waals surface area contributed by atoms with E-state index in [4.69, 9.17) is 9.31 Å². The lowest BCUT2D eigenvalue weighted by atomic mass is 9.87. The smallest absolute Gasteiger partial charge is 0.400 e. The summed E-state index contributed by atoms with van der Waals surface area (Å²) >= 11 is 5.19. The summed E-state index contributed by atoms with van der Waals surface area (Å²) in [4.78, 5) is 1.23. The van der Waals surface area contributed by atoms with E-state index in [9.17, 15) is 0 Å². The molecule has 98 valence electrons. The van der Waals surface area contributed by atoms with E-state index >= 15 is 0 Å². The molecule has 1 aliphatic rings. The van der Waals surface area contributed by atoms with E-state index in [1.54, 1.807) is 11.3 Å². The van der Waals surface area contributed by atoms with E-state index in [1.165, 1.54) is 10.5 Å². The molecule has 0 amide bonds. The molecule has 0 aromatic carbocycles. The van der Waals surface area contributed by atoms with Gasteiger partial charge in [0.1, 0.15) is 0 Å². The molecule has 1 aromatic heterocycles. The topological polar surface area (TPSA) is 18.5 Å². The molecule has 1 aromatic rings. The van der Waals surface area contributed by atoms with Crippen molar-refractivity contribution in [1.29, 1.82) is 0 Å². The third-order valence-corrected chi connectivity index (χ3v) is 5.38. The zero-order chi connectivity index (χ0) is 13.6. The van der Waals surface area contributed by atoms with Crippen LogP contribution >= 0.6 is 27.3 Å². The molecule has 5 heteroatoms. The summed E-state index contributed by atoms with van der Waals surface area (Å²) in [7, 11) is -0.268. The molecular weight excluding hydrogens is 311 g/mol. The van der Waals surface area contributed by atoms with Crippen LogP contribution in [-0.2, 0) is 9.31 Å². The maximum atomic E-state index is 5.96. The molecule has 1 fully saturated rings. The summed E-state index contributed by atoms with van der Waals surface area (Å²) in [5.41, 5.74) is 0.638. The van der Waals surface area contributed by atoms with Gasteiger partial charge < -0.3 is 9.31 Å². The van der Waals surface area contributed by atoms with E-state index in [0.717, 1.165) is 3.79 Å². The fraction of sp³-hybridized carbons (Fsp3) is 0.538. The van der Waals surface area contributed by atoms with Crippen LogP contribution < -0.4 is 0 Å². The minimum Gasteiger partial charge on any atom is -0.400 e. The van der Waals surface area contributed by atoms with Crippen molar-refractivity contribution < 1.29 is 9.31 Å². The highest BCUT2D eigenvalue weighted by Crippen LogP contribution is 2.38. The van der Waals surface area contributed by atoms with Crippen molar-refractivity contribution in [1.82, 2.24) is 0 Å². The summed E-state index contributed by atoms with van der Waals surface area (Å²) in [6, 6.07) is 4.16. The minimum atomic E-state index is -0.273. The van der Waals surface area contributed by atoms with Gasteiger partial charge >= 0.3 is 7.12 Å². The van der Waals surface area contributed by atoms with Crippen LogP contribution in [0, 0.1) is 0 Å². The second-order valence-corrected chi connectivity index (χ2v) is 8.04. The number of hydrogen-bond acceptors (Lipinski definition) is 3. The van der Waals surface area contributed by atoms with Crippen LogP contribution in [0.2, 0.25) is 0 Å². The van der Waals surface area contributed by atoms with E-state index < -0.39 is 0 Å². The molecule has 0 aliphatic carbocycles. The van der Waals surface area contributed by atoms with Gasteiger partial charge in [0.05, 0.1) is 15.0 Å². The summed E-state index contributed by atoms with van der Waals surface area (Å²) < 4.78 is 13.1.